The summed E-state index contributed by atoms with van der Waals surface area (Å²) in [6, 6.07) is 7.05. The van der Waals surface area contributed by atoms with Crippen molar-refractivity contribution in [2.45, 2.75) is 19.6 Å². The summed E-state index contributed by atoms with van der Waals surface area (Å²) in [6.07, 6.45) is -4.06. The number of pyridine rings is 1. The maximum atomic E-state index is 12.7. The van der Waals surface area contributed by atoms with Crippen LogP contribution < -0.4 is 15.6 Å². The van der Waals surface area contributed by atoms with Gasteiger partial charge in [0.1, 0.15) is 6.54 Å². The number of anilines is 2. The largest absolute Gasteiger partial charge is 0.417 e. The van der Waals surface area contributed by atoms with E-state index in [0.29, 0.717) is 28.2 Å². The van der Waals surface area contributed by atoms with Gasteiger partial charge in [-0.25, -0.2) is 8.42 Å². The normalized spacial score (nSPS) is 11.9. The molecule has 0 aliphatic carbocycles. The molecule has 2 rings (SSSR count). The summed E-state index contributed by atoms with van der Waals surface area (Å²) in [7, 11) is -3.44. The van der Waals surface area contributed by atoms with Crippen LogP contribution in [0.25, 0.3) is 0 Å². The maximum Gasteiger partial charge on any atom is 0.417 e. The van der Waals surface area contributed by atoms with Crippen molar-refractivity contribution < 1.29 is 26.4 Å². The number of carbonyl (C=O) groups excluding carboxylic acids is 1. The van der Waals surface area contributed by atoms with Gasteiger partial charge in [-0.3, -0.25) is 14.3 Å². The molecule has 0 saturated carbocycles. The molecule has 1 heterocycles. The van der Waals surface area contributed by atoms with Gasteiger partial charge in [-0.2, -0.15) is 13.2 Å². The molecule has 0 aliphatic rings. The monoisotopic (exact) mass is 403 g/mol. The quantitative estimate of drug-likeness (QED) is 0.773. The van der Waals surface area contributed by atoms with E-state index in [-0.39, 0.29) is 5.75 Å². The molecule has 146 valence electrons. The zero-order valence-corrected chi connectivity index (χ0v) is 14.9. The summed E-state index contributed by atoms with van der Waals surface area (Å²) >= 11 is 0. The van der Waals surface area contributed by atoms with Crippen molar-refractivity contribution in [3.63, 3.8) is 0 Å². The van der Waals surface area contributed by atoms with Crippen LogP contribution in [0.4, 0.5) is 24.5 Å². The van der Waals surface area contributed by atoms with Crippen LogP contribution in [0.15, 0.2) is 47.4 Å². The van der Waals surface area contributed by atoms with Gasteiger partial charge in [0.05, 0.1) is 11.3 Å². The highest BCUT2D eigenvalue weighted by atomic mass is 32.2. The Kier molecular flexibility index (Phi) is 5.94. The van der Waals surface area contributed by atoms with Crippen LogP contribution in [0.5, 0.6) is 0 Å². The maximum absolute atomic E-state index is 12.7. The van der Waals surface area contributed by atoms with Crippen LogP contribution in [0.2, 0.25) is 0 Å². The Morgan fingerprint density at radius 1 is 1.07 bits per heavy atom. The number of amides is 1. The Balaban J connectivity index is 2.07. The molecule has 2 aromatic rings. The second-order valence-corrected chi connectivity index (χ2v) is 7.52. The lowest BCUT2D eigenvalue weighted by molar-refractivity contribution is -0.138. The molecule has 0 saturated heterocycles. The first-order valence-corrected chi connectivity index (χ1v) is 9.33. The fraction of sp³-hybridized carbons (Fsp3) is 0.250. The number of hydrogen-bond donors (Lipinski definition) is 2. The van der Waals surface area contributed by atoms with Gasteiger partial charge >= 0.3 is 6.18 Å². The van der Waals surface area contributed by atoms with E-state index >= 15 is 0 Å². The number of nitrogens with one attached hydrogen (secondary N) is 2. The molecular weight excluding hydrogens is 387 g/mol. The molecule has 1 aromatic heterocycles. The highest BCUT2D eigenvalue weighted by Crippen LogP contribution is 2.28. The summed E-state index contributed by atoms with van der Waals surface area (Å²) in [5, 5.41) is 2.42. The summed E-state index contributed by atoms with van der Waals surface area (Å²) in [5.41, 5.74) is -1.20. The molecule has 2 N–H and O–H groups in total. The summed E-state index contributed by atoms with van der Waals surface area (Å²) in [6.45, 7) is 0.875. The first kappa shape index (κ1) is 20.5. The molecule has 0 unspecified atom stereocenters. The number of benzene rings is 1. The fourth-order valence-corrected chi connectivity index (χ4v) is 2.69. The minimum Gasteiger partial charge on any atom is -0.325 e. The second kappa shape index (κ2) is 7.82. The second-order valence-electron chi connectivity index (χ2n) is 5.51. The van der Waals surface area contributed by atoms with Gasteiger partial charge in [0, 0.05) is 23.6 Å². The SMILES string of the molecule is CCS(=O)(=O)Nc1ccc(NC(=O)Cn2cc(C(F)(F)F)ccc2=O)cc1. The zero-order chi connectivity index (χ0) is 20.2. The molecule has 1 amide bonds. The molecule has 0 fully saturated rings. The van der Waals surface area contributed by atoms with E-state index in [4.69, 9.17) is 0 Å². The van der Waals surface area contributed by atoms with Crippen molar-refractivity contribution in [1.29, 1.82) is 0 Å². The van der Waals surface area contributed by atoms with Gasteiger partial charge in [-0.15, -0.1) is 0 Å². The molecule has 0 bridgehead atoms. The lowest BCUT2D eigenvalue weighted by Crippen LogP contribution is -2.28. The third-order valence-electron chi connectivity index (χ3n) is 3.45. The van der Waals surface area contributed by atoms with E-state index in [1.165, 1.54) is 31.2 Å². The van der Waals surface area contributed by atoms with Crippen molar-refractivity contribution in [2.75, 3.05) is 15.8 Å². The Bertz CT molecular complexity index is 983. The minimum atomic E-state index is -4.63. The van der Waals surface area contributed by atoms with Crippen LogP contribution in [0.3, 0.4) is 0 Å². The lowest BCUT2D eigenvalue weighted by Gasteiger charge is -2.11. The van der Waals surface area contributed by atoms with Gasteiger partial charge in [0.15, 0.2) is 0 Å². The number of nitrogens with zero attached hydrogens (tertiary/aromatic N) is 1. The van der Waals surface area contributed by atoms with E-state index in [0.717, 1.165) is 6.07 Å². The Morgan fingerprint density at radius 2 is 1.67 bits per heavy atom. The number of sulfonamides is 1. The van der Waals surface area contributed by atoms with E-state index in [1.807, 2.05) is 0 Å². The van der Waals surface area contributed by atoms with Crippen LogP contribution in [0, 0.1) is 0 Å². The van der Waals surface area contributed by atoms with Crippen molar-refractivity contribution in [3.05, 3.63) is 58.5 Å². The molecule has 0 atom stereocenters. The van der Waals surface area contributed by atoms with E-state index in [9.17, 15) is 31.2 Å². The predicted molar refractivity (Wildman–Crippen MR) is 93.9 cm³/mol. The topological polar surface area (TPSA) is 97.3 Å². The zero-order valence-electron chi connectivity index (χ0n) is 14.1. The van der Waals surface area contributed by atoms with Gasteiger partial charge in [-0.05, 0) is 37.3 Å². The van der Waals surface area contributed by atoms with Gasteiger partial charge in [0.2, 0.25) is 15.9 Å². The van der Waals surface area contributed by atoms with Crippen LogP contribution in [-0.2, 0) is 27.5 Å². The number of aromatic nitrogens is 1. The molecule has 27 heavy (non-hydrogen) atoms. The average Bonchev–Trinajstić information content (AvgIpc) is 2.57. The molecule has 0 radical (unpaired) electrons. The van der Waals surface area contributed by atoms with Crippen molar-refractivity contribution in [2.24, 2.45) is 0 Å². The van der Waals surface area contributed by atoms with Crippen molar-refractivity contribution in [1.82, 2.24) is 4.57 Å². The third-order valence-corrected chi connectivity index (χ3v) is 4.75. The minimum absolute atomic E-state index is 0.1000. The number of halogens is 3. The van der Waals surface area contributed by atoms with E-state index < -0.39 is 39.8 Å². The summed E-state index contributed by atoms with van der Waals surface area (Å²) in [4.78, 5) is 23.6. The van der Waals surface area contributed by atoms with Crippen LogP contribution in [-0.4, -0.2) is 24.6 Å². The number of rotatable bonds is 6. The fourth-order valence-electron chi connectivity index (χ4n) is 2.05. The highest BCUT2D eigenvalue weighted by Gasteiger charge is 2.31. The van der Waals surface area contributed by atoms with E-state index in [1.54, 1.807) is 0 Å². The number of hydrogen-bond acceptors (Lipinski definition) is 4. The van der Waals surface area contributed by atoms with Gasteiger partial charge in [0.25, 0.3) is 5.56 Å². The van der Waals surface area contributed by atoms with Crippen LogP contribution in [0.1, 0.15) is 12.5 Å². The summed E-state index contributed by atoms with van der Waals surface area (Å²) < 4.78 is 64.0. The predicted octanol–water partition coefficient (Wildman–Crippen LogP) is 2.27. The standard InChI is InChI=1S/C16H16F3N3O4S/c1-2-27(25,26)21-13-6-4-12(5-7-13)20-14(23)10-22-9-11(16(17,18)19)3-8-15(22)24/h3-9,21H,2,10H2,1H3,(H,20,23). The molecule has 1 aromatic carbocycles. The van der Waals surface area contributed by atoms with Crippen molar-refractivity contribution in [3.8, 4) is 0 Å². The smallest absolute Gasteiger partial charge is 0.325 e. The Hall–Kier alpha value is -2.82. The molecular formula is C16H16F3N3O4S. The molecule has 0 spiro atoms. The first-order chi connectivity index (χ1) is 12.5. The number of carbonyl (C=O) groups is 1. The lowest BCUT2D eigenvalue weighted by atomic mass is 10.2. The van der Waals surface area contributed by atoms with Crippen LogP contribution >= 0.6 is 0 Å². The Labute approximate surface area is 152 Å². The number of alkyl halides is 3. The van der Waals surface area contributed by atoms with Gasteiger partial charge in [-0.1, -0.05) is 0 Å². The molecule has 7 nitrogen and oxygen atoms in total. The molecule has 11 heteroatoms. The molecule has 0 aliphatic heterocycles. The van der Waals surface area contributed by atoms with Gasteiger partial charge < -0.3 is 9.88 Å². The van der Waals surface area contributed by atoms with E-state index in [2.05, 4.69) is 10.0 Å². The van der Waals surface area contributed by atoms with Crippen molar-refractivity contribution >= 4 is 27.3 Å². The Morgan fingerprint density at radius 3 is 2.22 bits per heavy atom. The first-order valence-electron chi connectivity index (χ1n) is 7.68. The summed E-state index contributed by atoms with van der Waals surface area (Å²) in [5.74, 6) is -0.810. The average molecular weight is 403 g/mol. The highest BCUT2D eigenvalue weighted by molar-refractivity contribution is 7.92. The third kappa shape index (κ3) is 5.84.